The first kappa shape index (κ1) is 15.3. The van der Waals surface area contributed by atoms with Gasteiger partial charge in [-0.3, -0.25) is 4.79 Å². The van der Waals surface area contributed by atoms with Gasteiger partial charge in [0.2, 0.25) is 0 Å². The number of carbonyl (C=O) groups excluding carboxylic acids is 1. The number of hydrogen-bond acceptors (Lipinski definition) is 3. The van der Waals surface area contributed by atoms with Crippen LogP contribution >= 0.6 is 0 Å². The average Bonchev–Trinajstić information content (AvgIpc) is 2.75. The molecule has 2 N–H and O–H groups in total. The Morgan fingerprint density at radius 1 is 1.24 bits per heavy atom. The van der Waals surface area contributed by atoms with Crippen molar-refractivity contribution >= 4 is 12.1 Å². The van der Waals surface area contributed by atoms with Crippen LogP contribution in [0.25, 0.3) is 11.3 Å². The van der Waals surface area contributed by atoms with Gasteiger partial charge in [-0.25, -0.2) is 4.68 Å². The van der Waals surface area contributed by atoms with Crippen molar-refractivity contribution in [2.75, 3.05) is 5.73 Å². The Morgan fingerprint density at radius 2 is 1.86 bits per heavy atom. The van der Waals surface area contributed by atoms with Crippen LogP contribution in [0.5, 0.6) is 0 Å². The first-order valence-corrected chi connectivity index (χ1v) is 7.30. The number of nitrogens with two attached hydrogens (primary N) is 1. The molecule has 0 atom stereocenters. The molecule has 0 saturated carbocycles. The Labute approximate surface area is 126 Å². The van der Waals surface area contributed by atoms with Crippen molar-refractivity contribution in [1.82, 2.24) is 9.78 Å². The minimum atomic E-state index is 0.104. The summed E-state index contributed by atoms with van der Waals surface area (Å²) < 4.78 is 1.71. The molecule has 0 aliphatic heterocycles. The number of benzene rings is 1. The maximum absolute atomic E-state index is 11.3. The molecular formula is C17H23N3O. The fourth-order valence-corrected chi connectivity index (χ4v) is 2.33. The molecule has 1 heterocycles. The summed E-state index contributed by atoms with van der Waals surface area (Å²) in [5, 5.41) is 4.49. The number of hydrogen-bond donors (Lipinski definition) is 1. The van der Waals surface area contributed by atoms with E-state index in [2.05, 4.69) is 44.9 Å². The third kappa shape index (κ3) is 2.99. The van der Waals surface area contributed by atoms with Gasteiger partial charge in [-0.15, -0.1) is 0 Å². The van der Waals surface area contributed by atoms with Gasteiger partial charge < -0.3 is 5.73 Å². The molecule has 0 radical (unpaired) electrons. The smallest absolute Gasteiger partial charge is 0.156 e. The monoisotopic (exact) mass is 285 g/mol. The summed E-state index contributed by atoms with van der Waals surface area (Å²) in [4.78, 5) is 11.3. The van der Waals surface area contributed by atoms with Crippen molar-refractivity contribution in [2.24, 2.45) is 0 Å². The van der Waals surface area contributed by atoms with Crippen molar-refractivity contribution in [3.8, 4) is 11.3 Å². The van der Waals surface area contributed by atoms with E-state index in [-0.39, 0.29) is 5.41 Å². The number of aldehydes is 1. The standard InChI is InChI=1S/C17H23N3O/c1-5-10-20-16(18)14(11-21)15(19-20)12-6-8-13(9-7-12)17(2,3)4/h6-9,11H,5,10,18H2,1-4H3. The third-order valence-corrected chi connectivity index (χ3v) is 3.61. The molecule has 0 saturated heterocycles. The Balaban J connectivity index is 2.46. The van der Waals surface area contributed by atoms with Crippen LogP contribution in [-0.4, -0.2) is 16.1 Å². The van der Waals surface area contributed by atoms with E-state index in [9.17, 15) is 4.79 Å². The summed E-state index contributed by atoms with van der Waals surface area (Å²) in [6, 6.07) is 8.18. The molecule has 0 aliphatic rings. The first-order valence-electron chi connectivity index (χ1n) is 7.30. The van der Waals surface area contributed by atoms with Gasteiger partial charge in [0.25, 0.3) is 0 Å². The molecule has 0 fully saturated rings. The summed E-state index contributed by atoms with van der Waals surface area (Å²) >= 11 is 0. The minimum absolute atomic E-state index is 0.104. The van der Waals surface area contributed by atoms with Gasteiger partial charge in [0.15, 0.2) is 6.29 Å². The quantitative estimate of drug-likeness (QED) is 0.872. The molecule has 1 aromatic carbocycles. The first-order chi connectivity index (χ1) is 9.88. The van der Waals surface area contributed by atoms with Gasteiger partial charge in [0.1, 0.15) is 11.5 Å². The summed E-state index contributed by atoms with van der Waals surface area (Å²) in [7, 11) is 0. The van der Waals surface area contributed by atoms with E-state index in [4.69, 9.17) is 5.73 Å². The van der Waals surface area contributed by atoms with E-state index in [0.717, 1.165) is 18.3 Å². The van der Waals surface area contributed by atoms with Gasteiger partial charge in [0.05, 0.1) is 5.56 Å². The normalized spacial score (nSPS) is 11.6. The third-order valence-electron chi connectivity index (χ3n) is 3.61. The van der Waals surface area contributed by atoms with Crippen molar-refractivity contribution in [2.45, 2.75) is 46.1 Å². The van der Waals surface area contributed by atoms with E-state index < -0.39 is 0 Å². The number of nitrogens with zero attached hydrogens (tertiary/aromatic N) is 2. The van der Waals surface area contributed by atoms with Crippen LogP contribution in [0, 0.1) is 0 Å². The fourth-order valence-electron chi connectivity index (χ4n) is 2.33. The number of aromatic nitrogens is 2. The van der Waals surface area contributed by atoms with Crippen LogP contribution in [0.2, 0.25) is 0 Å². The summed E-state index contributed by atoms with van der Waals surface area (Å²) in [5.41, 5.74) is 9.42. The molecule has 1 aromatic heterocycles. The molecule has 4 heteroatoms. The van der Waals surface area contributed by atoms with Crippen LogP contribution in [0.1, 0.15) is 50.0 Å². The Hall–Kier alpha value is -2.10. The highest BCUT2D eigenvalue weighted by molar-refractivity contribution is 5.91. The molecule has 112 valence electrons. The summed E-state index contributed by atoms with van der Waals surface area (Å²) in [6.45, 7) is 9.29. The minimum Gasteiger partial charge on any atom is -0.383 e. The SMILES string of the molecule is CCCn1nc(-c2ccc(C(C)(C)C)cc2)c(C=O)c1N. The van der Waals surface area contributed by atoms with E-state index in [1.165, 1.54) is 5.56 Å². The summed E-state index contributed by atoms with van der Waals surface area (Å²) in [5.74, 6) is 0.446. The van der Waals surface area contributed by atoms with Gasteiger partial charge in [-0.2, -0.15) is 5.10 Å². The van der Waals surface area contributed by atoms with Crippen molar-refractivity contribution in [1.29, 1.82) is 0 Å². The predicted octanol–water partition coefficient (Wildman–Crippen LogP) is 3.65. The van der Waals surface area contributed by atoms with Gasteiger partial charge in [-0.05, 0) is 17.4 Å². The largest absolute Gasteiger partial charge is 0.383 e. The number of carbonyl (C=O) groups is 1. The van der Waals surface area contributed by atoms with Gasteiger partial charge in [-0.1, -0.05) is 52.0 Å². The molecule has 21 heavy (non-hydrogen) atoms. The lowest BCUT2D eigenvalue weighted by molar-refractivity contribution is 0.112. The average molecular weight is 285 g/mol. The van der Waals surface area contributed by atoms with E-state index in [1.54, 1.807) is 4.68 Å². The van der Waals surface area contributed by atoms with E-state index >= 15 is 0 Å². The van der Waals surface area contributed by atoms with Crippen LogP contribution in [0.15, 0.2) is 24.3 Å². The van der Waals surface area contributed by atoms with Crippen LogP contribution in [0.4, 0.5) is 5.82 Å². The van der Waals surface area contributed by atoms with E-state index in [0.29, 0.717) is 23.6 Å². The molecule has 4 nitrogen and oxygen atoms in total. The number of rotatable bonds is 4. The second kappa shape index (κ2) is 5.72. The zero-order valence-electron chi connectivity index (χ0n) is 13.2. The highest BCUT2D eigenvalue weighted by atomic mass is 16.1. The van der Waals surface area contributed by atoms with Gasteiger partial charge in [0, 0.05) is 12.1 Å². The second-order valence-corrected chi connectivity index (χ2v) is 6.32. The maximum atomic E-state index is 11.3. The molecule has 0 spiro atoms. The van der Waals surface area contributed by atoms with Crippen LogP contribution in [-0.2, 0) is 12.0 Å². The number of nitrogen functional groups attached to an aromatic ring is 1. The van der Waals surface area contributed by atoms with Gasteiger partial charge >= 0.3 is 0 Å². The molecule has 0 bridgehead atoms. The lowest BCUT2D eigenvalue weighted by atomic mass is 9.86. The lowest BCUT2D eigenvalue weighted by Crippen LogP contribution is -2.10. The number of aryl methyl sites for hydroxylation is 1. The Kier molecular flexibility index (Phi) is 4.16. The van der Waals surface area contributed by atoms with Crippen molar-refractivity contribution < 1.29 is 4.79 Å². The van der Waals surface area contributed by atoms with Crippen LogP contribution < -0.4 is 5.73 Å². The molecule has 2 rings (SSSR count). The topological polar surface area (TPSA) is 60.9 Å². The molecule has 0 aliphatic carbocycles. The highest BCUT2D eigenvalue weighted by Crippen LogP contribution is 2.29. The highest BCUT2D eigenvalue weighted by Gasteiger charge is 2.18. The molecular weight excluding hydrogens is 262 g/mol. The Bertz CT molecular complexity index is 633. The number of anilines is 1. The Morgan fingerprint density at radius 3 is 2.33 bits per heavy atom. The molecule has 0 amide bonds. The van der Waals surface area contributed by atoms with Crippen molar-refractivity contribution in [3.05, 3.63) is 35.4 Å². The maximum Gasteiger partial charge on any atom is 0.156 e. The summed E-state index contributed by atoms with van der Waals surface area (Å²) in [6.07, 6.45) is 1.72. The second-order valence-electron chi connectivity index (χ2n) is 6.32. The van der Waals surface area contributed by atoms with E-state index in [1.807, 2.05) is 12.1 Å². The zero-order chi connectivity index (χ0) is 15.6. The predicted molar refractivity (Wildman–Crippen MR) is 86.5 cm³/mol. The molecule has 0 unspecified atom stereocenters. The zero-order valence-corrected chi connectivity index (χ0v) is 13.2. The fraction of sp³-hybridized carbons (Fsp3) is 0.412. The lowest BCUT2D eigenvalue weighted by Gasteiger charge is -2.18. The molecule has 2 aromatic rings. The van der Waals surface area contributed by atoms with Crippen LogP contribution in [0.3, 0.4) is 0 Å². The van der Waals surface area contributed by atoms with Crippen molar-refractivity contribution in [3.63, 3.8) is 0 Å².